The summed E-state index contributed by atoms with van der Waals surface area (Å²) in [5.74, 6) is -0.324. The third kappa shape index (κ3) is 7.47. The number of carbonyl (C=O) groups is 1. The van der Waals surface area contributed by atoms with E-state index in [1.165, 1.54) is 17.2 Å². The van der Waals surface area contributed by atoms with Crippen molar-refractivity contribution in [3.63, 3.8) is 0 Å². The van der Waals surface area contributed by atoms with Crippen LogP contribution in [0, 0.1) is 0 Å². The smallest absolute Gasteiger partial charge is 0.330 e. The summed E-state index contributed by atoms with van der Waals surface area (Å²) in [5.41, 5.74) is 4.66. The molecule has 4 heteroatoms. The summed E-state index contributed by atoms with van der Waals surface area (Å²) < 4.78 is 4.99. The molecule has 164 valence electrons. The average molecular weight is 444 g/mol. The minimum Gasteiger partial charge on any atom is -0.463 e. The van der Waals surface area contributed by atoms with E-state index < -0.39 is 0 Å². The highest BCUT2D eigenvalue weighted by molar-refractivity contribution is 7.80. The number of benzene rings is 3. The van der Waals surface area contributed by atoms with Crippen molar-refractivity contribution >= 4 is 29.3 Å². The lowest BCUT2D eigenvalue weighted by atomic mass is 10.0. The minimum atomic E-state index is -0.324. The van der Waals surface area contributed by atoms with Gasteiger partial charge < -0.3 is 9.64 Å². The molecular weight excluding hydrogens is 414 g/mol. The number of hydrogen-bond acceptors (Lipinski definition) is 3. The summed E-state index contributed by atoms with van der Waals surface area (Å²) in [4.78, 5) is 14.9. The van der Waals surface area contributed by atoms with Crippen molar-refractivity contribution in [2.45, 2.75) is 32.9 Å². The molecule has 0 aromatic heterocycles. The maximum Gasteiger partial charge on any atom is 0.330 e. The molecule has 0 aliphatic rings. The molecule has 0 aliphatic heterocycles. The standard InChI is InChI=1S/C28H29NO2S/c1-2-31-28(30)20-18-26-16-10-9-15-25(26)17-19-27(32)29(21-23-11-5-3-6-12-23)22-24-13-7-4-8-14-24/h3-16,18,20H,2,17,19,21-22H2,1H3/b20-18+. The molecule has 32 heavy (non-hydrogen) atoms. The monoisotopic (exact) mass is 443 g/mol. The highest BCUT2D eigenvalue weighted by Gasteiger charge is 2.12. The van der Waals surface area contributed by atoms with Crippen molar-refractivity contribution in [2.24, 2.45) is 0 Å². The van der Waals surface area contributed by atoms with Gasteiger partial charge in [-0.15, -0.1) is 0 Å². The van der Waals surface area contributed by atoms with Gasteiger partial charge in [-0.25, -0.2) is 4.79 Å². The van der Waals surface area contributed by atoms with Gasteiger partial charge in [-0.3, -0.25) is 0 Å². The van der Waals surface area contributed by atoms with Crippen LogP contribution >= 0.6 is 12.2 Å². The molecule has 3 aromatic carbocycles. The first-order chi connectivity index (χ1) is 15.7. The van der Waals surface area contributed by atoms with Gasteiger partial charge in [-0.05, 0) is 41.7 Å². The first-order valence-corrected chi connectivity index (χ1v) is 11.3. The van der Waals surface area contributed by atoms with Crippen LogP contribution in [0.3, 0.4) is 0 Å². The fourth-order valence-electron chi connectivity index (χ4n) is 3.51. The van der Waals surface area contributed by atoms with Crippen LogP contribution in [0.2, 0.25) is 0 Å². The third-order valence-electron chi connectivity index (χ3n) is 5.13. The number of hydrogen-bond donors (Lipinski definition) is 0. The van der Waals surface area contributed by atoms with Crippen LogP contribution < -0.4 is 0 Å². The van der Waals surface area contributed by atoms with Crippen molar-refractivity contribution in [2.75, 3.05) is 6.61 Å². The molecule has 0 fully saturated rings. The van der Waals surface area contributed by atoms with Crippen LogP contribution in [0.25, 0.3) is 6.08 Å². The molecule has 0 N–H and O–H groups in total. The first kappa shape index (κ1) is 23.4. The molecule has 0 amide bonds. The Labute approximate surface area is 196 Å². The Morgan fingerprint density at radius 1 is 0.875 bits per heavy atom. The number of thiocarbonyl (C=S) groups is 1. The number of carbonyl (C=O) groups excluding carboxylic acids is 1. The second kappa shape index (κ2) is 12.6. The maximum absolute atomic E-state index is 11.7. The fourth-order valence-corrected chi connectivity index (χ4v) is 3.74. The van der Waals surface area contributed by atoms with Crippen LogP contribution in [-0.2, 0) is 29.0 Å². The van der Waals surface area contributed by atoms with Gasteiger partial charge >= 0.3 is 5.97 Å². The van der Waals surface area contributed by atoms with Crippen LogP contribution in [0.15, 0.2) is 91.0 Å². The molecule has 0 saturated heterocycles. The summed E-state index contributed by atoms with van der Waals surface area (Å²) in [6, 6.07) is 28.9. The van der Waals surface area contributed by atoms with Crippen molar-refractivity contribution < 1.29 is 9.53 Å². The van der Waals surface area contributed by atoms with E-state index in [4.69, 9.17) is 17.0 Å². The quantitative estimate of drug-likeness (QED) is 0.211. The second-order valence-corrected chi connectivity index (χ2v) is 7.98. The molecule has 3 rings (SSSR count). The zero-order valence-electron chi connectivity index (χ0n) is 18.4. The fraction of sp³-hybridized carbons (Fsp3) is 0.214. The minimum absolute atomic E-state index is 0.324. The molecule has 0 bridgehead atoms. The van der Waals surface area contributed by atoms with Crippen molar-refractivity contribution in [3.05, 3.63) is 113 Å². The largest absolute Gasteiger partial charge is 0.463 e. The van der Waals surface area contributed by atoms with Gasteiger partial charge in [0.25, 0.3) is 0 Å². The van der Waals surface area contributed by atoms with Crippen LogP contribution in [0.1, 0.15) is 35.6 Å². The normalized spacial score (nSPS) is 10.8. The van der Waals surface area contributed by atoms with E-state index in [0.717, 1.165) is 42.0 Å². The lowest BCUT2D eigenvalue weighted by Crippen LogP contribution is -2.29. The Balaban J connectivity index is 1.70. The molecular formula is C28H29NO2S. The summed E-state index contributed by atoms with van der Waals surface area (Å²) in [7, 11) is 0. The molecule has 0 unspecified atom stereocenters. The number of rotatable bonds is 10. The molecule has 0 heterocycles. The number of aryl methyl sites for hydroxylation is 1. The maximum atomic E-state index is 11.7. The van der Waals surface area contributed by atoms with E-state index in [-0.39, 0.29) is 5.97 Å². The van der Waals surface area contributed by atoms with Crippen LogP contribution in [0.4, 0.5) is 0 Å². The van der Waals surface area contributed by atoms with Crippen LogP contribution in [0.5, 0.6) is 0 Å². The number of esters is 1. The molecule has 3 aromatic rings. The van der Waals surface area contributed by atoms with Gasteiger partial charge in [0, 0.05) is 25.6 Å². The second-order valence-electron chi connectivity index (χ2n) is 7.51. The molecule has 3 nitrogen and oxygen atoms in total. The average Bonchev–Trinajstić information content (AvgIpc) is 2.83. The topological polar surface area (TPSA) is 29.5 Å². The Morgan fingerprint density at radius 2 is 1.44 bits per heavy atom. The van der Waals surface area contributed by atoms with Crippen molar-refractivity contribution in [3.8, 4) is 0 Å². The molecule has 0 aliphatic carbocycles. The van der Waals surface area contributed by atoms with Crippen molar-refractivity contribution in [1.29, 1.82) is 0 Å². The summed E-state index contributed by atoms with van der Waals surface area (Å²) in [5, 5.41) is 0. The highest BCUT2D eigenvalue weighted by Crippen LogP contribution is 2.17. The lowest BCUT2D eigenvalue weighted by molar-refractivity contribution is -0.137. The molecule has 0 atom stereocenters. The Morgan fingerprint density at radius 3 is 2.03 bits per heavy atom. The number of nitrogens with zero attached hydrogens (tertiary/aromatic N) is 1. The van der Waals surface area contributed by atoms with Gasteiger partial charge in [0.15, 0.2) is 0 Å². The first-order valence-electron chi connectivity index (χ1n) is 10.9. The lowest BCUT2D eigenvalue weighted by Gasteiger charge is -2.26. The van der Waals surface area contributed by atoms with E-state index in [9.17, 15) is 4.79 Å². The van der Waals surface area contributed by atoms with E-state index in [0.29, 0.717) is 6.61 Å². The predicted octanol–water partition coefficient (Wildman–Crippen LogP) is 6.23. The van der Waals surface area contributed by atoms with Gasteiger partial charge in [0.2, 0.25) is 0 Å². The van der Waals surface area contributed by atoms with Gasteiger partial charge in [0.1, 0.15) is 0 Å². The molecule has 0 spiro atoms. The summed E-state index contributed by atoms with van der Waals surface area (Å²) in [6.45, 7) is 3.73. The number of ether oxygens (including phenoxy) is 1. The van der Waals surface area contributed by atoms with Gasteiger partial charge in [0.05, 0.1) is 11.6 Å². The van der Waals surface area contributed by atoms with Crippen LogP contribution in [-0.4, -0.2) is 22.5 Å². The molecule has 0 saturated carbocycles. The van der Waals surface area contributed by atoms with Gasteiger partial charge in [-0.2, -0.15) is 0 Å². The van der Waals surface area contributed by atoms with E-state index in [2.05, 4.69) is 59.5 Å². The zero-order chi connectivity index (χ0) is 22.6. The predicted molar refractivity (Wildman–Crippen MR) is 135 cm³/mol. The van der Waals surface area contributed by atoms with Gasteiger partial charge in [-0.1, -0.05) is 97.1 Å². The van der Waals surface area contributed by atoms with E-state index >= 15 is 0 Å². The third-order valence-corrected chi connectivity index (χ3v) is 5.60. The molecule has 0 radical (unpaired) electrons. The van der Waals surface area contributed by atoms with E-state index in [1.807, 2.05) is 36.4 Å². The Kier molecular flexibility index (Phi) is 9.20. The Bertz CT molecular complexity index is 990. The summed E-state index contributed by atoms with van der Waals surface area (Å²) >= 11 is 5.89. The SMILES string of the molecule is CCOC(=O)/C=C/c1ccccc1CCC(=S)N(Cc1ccccc1)Cc1ccccc1. The zero-order valence-corrected chi connectivity index (χ0v) is 19.3. The van der Waals surface area contributed by atoms with E-state index in [1.54, 1.807) is 6.92 Å². The summed E-state index contributed by atoms with van der Waals surface area (Å²) in [6.07, 6.45) is 4.88. The highest BCUT2D eigenvalue weighted by atomic mass is 32.1. The Hall–Kier alpha value is -3.24. The van der Waals surface area contributed by atoms with Crippen molar-refractivity contribution in [1.82, 2.24) is 4.90 Å².